The van der Waals surface area contributed by atoms with Gasteiger partial charge in [-0.3, -0.25) is 4.79 Å². The summed E-state index contributed by atoms with van der Waals surface area (Å²) in [6.45, 7) is 6.37. The maximum Gasteiger partial charge on any atom is 0.188 e. The second kappa shape index (κ2) is 7.99. The smallest absolute Gasteiger partial charge is 0.188 e. The molecule has 1 unspecified atom stereocenters. The maximum absolute atomic E-state index is 11.1. The van der Waals surface area contributed by atoms with Gasteiger partial charge in [0.1, 0.15) is 0 Å². The predicted octanol–water partition coefficient (Wildman–Crippen LogP) is 3.19. The largest absolute Gasteiger partial charge is 0.287 e. The average Bonchev–Trinajstić information content (AvgIpc) is 2.02. The molecule has 72 valence electrons. The van der Waals surface area contributed by atoms with Crippen molar-refractivity contribution in [2.24, 2.45) is 0 Å². The lowest BCUT2D eigenvalue weighted by molar-refractivity contribution is -0.111. The predicted molar refractivity (Wildman–Crippen MR) is 60.0 cm³/mol. The third-order valence-corrected chi connectivity index (χ3v) is 3.46. The summed E-state index contributed by atoms with van der Waals surface area (Å²) in [5, 5.41) is 0.984. The summed E-state index contributed by atoms with van der Waals surface area (Å²) in [6.07, 6.45) is 1.77. The number of carbonyl (C=O) groups excluding carboxylic acids is 1. The lowest BCUT2D eigenvalue weighted by atomic mass is 10.3. The van der Waals surface area contributed by atoms with Gasteiger partial charge in [-0.2, -0.15) is 11.8 Å². The molecule has 0 aromatic carbocycles. The van der Waals surface area contributed by atoms with Crippen LogP contribution < -0.4 is 0 Å². The van der Waals surface area contributed by atoms with Crippen molar-refractivity contribution in [1.82, 2.24) is 0 Å². The van der Waals surface area contributed by atoms with E-state index in [0.717, 1.165) is 24.3 Å². The molecule has 0 heterocycles. The van der Waals surface area contributed by atoms with Crippen LogP contribution in [0.25, 0.3) is 0 Å². The summed E-state index contributed by atoms with van der Waals surface area (Å²) >= 11 is 3.37. The fraction of sp³-hybridized carbons (Fsp3) is 0.889. The van der Waals surface area contributed by atoms with Crippen LogP contribution in [0.3, 0.4) is 0 Å². The molecular weight excluding hydrogens is 188 g/mol. The SMILES string of the molecule is CCSC(=O)CCC(C)SCC. The Bertz CT molecular complexity index is 126. The minimum Gasteiger partial charge on any atom is -0.287 e. The molecule has 12 heavy (non-hydrogen) atoms. The molecule has 0 aliphatic rings. The van der Waals surface area contributed by atoms with Gasteiger partial charge < -0.3 is 0 Å². The van der Waals surface area contributed by atoms with E-state index in [9.17, 15) is 4.79 Å². The summed E-state index contributed by atoms with van der Waals surface area (Å²) in [5.74, 6) is 2.06. The Kier molecular flexibility index (Phi) is 8.24. The van der Waals surface area contributed by atoms with Gasteiger partial charge in [0, 0.05) is 11.7 Å². The van der Waals surface area contributed by atoms with E-state index in [1.54, 1.807) is 0 Å². The highest BCUT2D eigenvalue weighted by molar-refractivity contribution is 8.13. The van der Waals surface area contributed by atoms with Gasteiger partial charge in [-0.25, -0.2) is 0 Å². The molecular formula is C9H18OS2. The van der Waals surface area contributed by atoms with Gasteiger partial charge in [-0.15, -0.1) is 0 Å². The van der Waals surface area contributed by atoms with Gasteiger partial charge in [0.15, 0.2) is 5.12 Å². The van der Waals surface area contributed by atoms with Gasteiger partial charge in [-0.05, 0) is 17.9 Å². The molecule has 0 saturated carbocycles. The van der Waals surface area contributed by atoms with Crippen LogP contribution >= 0.6 is 23.5 Å². The normalized spacial score (nSPS) is 12.9. The lowest BCUT2D eigenvalue weighted by Crippen LogP contribution is -2.01. The van der Waals surface area contributed by atoms with Crippen LogP contribution in [0.15, 0.2) is 0 Å². The molecule has 0 aromatic rings. The van der Waals surface area contributed by atoms with Crippen LogP contribution in [-0.2, 0) is 4.79 Å². The number of rotatable bonds is 6. The molecule has 0 aliphatic heterocycles. The highest BCUT2D eigenvalue weighted by atomic mass is 32.2. The van der Waals surface area contributed by atoms with E-state index in [1.165, 1.54) is 11.8 Å². The van der Waals surface area contributed by atoms with Crippen LogP contribution in [0, 0.1) is 0 Å². The van der Waals surface area contributed by atoms with Crippen LogP contribution in [0.4, 0.5) is 0 Å². The Labute approximate surface area is 84.1 Å². The first-order chi connectivity index (χ1) is 5.70. The Hall–Kier alpha value is 0.370. The third-order valence-electron chi connectivity index (χ3n) is 1.51. The van der Waals surface area contributed by atoms with Gasteiger partial charge in [-0.1, -0.05) is 32.5 Å². The number of carbonyl (C=O) groups is 1. The Morgan fingerprint density at radius 1 is 1.33 bits per heavy atom. The summed E-state index contributed by atoms with van der Waals surface area (Å²) in [6, 6.07) is 0. The molecule has 0 aliphatic carbocycles. The second-order valence-corrected chi connectivity index (χ2v) is 5.65. The molecule has 0 rings (SSSR count). The third kappa shape index (κ3) is 7.04. The lowest BCUT2D eigenvalue weighted by Gasteiger charge is -2.07. The molecule has 0 aromatic heterocycles. The minimum absolute atomic E-state index is 0.348. The molecule has 0 fully saturated rings. The molecule has 0 N–H and O–H groups in total. The van der Waals surface area contributed by atoms with Crippen LogP contribution in [0.5, 0.6) is 0 Å². The van der Waals surface area contributed by atoms with Crippen LogP contribution in [-0.4, -0.2) is 21.9 Å². The highest BCUT2D eigenvalue weighted by Gasteiger charge is 2.05. The first-order valence-corrected chi connectivity index (χ1v) is 6.51. The van der Waals surface area contributed by atoms with Gasteiger partial charge in [0.2, 0.25) is 0 Å². The van der Waals surface area contributed by atoms with Crippen molar-refractivity contribution >= 4 is 28.6 Å². The van der Waals surface area contributed by atoms with Crippen molar-refractivity contribution in [1.29, 1.82) is 0 Å². The molecule has 1 atom stereocenters. The molecule has 0 saturated heterocycles. The van der Waals surface area contributed by atoms with Crippen molar-refractivity contribution in [2.75, 3.05) is 11.5 Å². The first-order valence-electron chi connectivity index (χ1n) is 4.47. The van der Waals surface area contributed by atoms with E-state index < -0.39 is 0 Å². The van der Waals surface area contributed by atoms with Gasteiger partial charge in [0.05, 0.1) is 0 Å². The average molecular weight is 206 g/mol. The van der Waals surface area contributed by atoms with Crippen molar-refractivity contribution < 1.29 is 4.79 Å². The molecule has 0 amide bonds. The zero-order valence-electron chi connectivity index (χ0n) is 8.13. The van der Waals surface area contributed by atoms with E-state index in [2.05, 4.69) is 13.8 Å². The van der Waals surface area contributed by atoms with E-state index in [-0.39, 0.29) is 0 Å². The fourth-order valence-electron chi connectivity index (χ4n) is 0.922. The summed E-state index contributed by atoms with van der Waals surface area (Å²) in [4.78, 5) is 11.1. The zero-order chi connectivity index (χ0) is 9.40. The highest BCUT2D eigenvalue weighted by Crippen LogP contribution is 2.17. The molecule has 0 bridgehead atoms. The number of hydrogen-bond donors (Lipinski definition) is 0. The van der Waals surface area contributed by atoms with Crippen LogP contribution in [0.1, 0.15) is 33.6 Å². The summed E-state index contributed by atoms with van der Waals surface area (Å²) in [5.41, 5.74) is 0. The Morgan fingerprint density at radius 2 is 2.00 bits per heavy atom. The molecule has 0 radical (unpaired) electrons. The van der Waals surface area contributed by atoms with Crippen molar-refractivity contribution in [3.05, 3.63) is 0 Å². The van der Waals surface area contributed by atoms with E-state index in [0.29, 0.717) is 10.4 Å². The van der Waals surface area contributed by atoms with Crippen molar-refractivity contribution in [2.45, 2.75) is 38.9 Å². The van der Waals surface area contributed by atoms with Crippen LogP contribution in [0.2, 0.25) is 0 Å². The topological polar surface area (TPSA) is 17.1 Å². The molecule has 3 heteroatoms. The fourth-order valence-corrected chi connectivity index (χ4v) is 2.36. The molecule has 1 nitrogen and oxygen atoms in total. The first kappa shape index (κ1) is 12.4. The van der Waals surface area contributed by atoms with Gasteiger partial charge in [0.25, 0.3) is 0 Å². The molecule has 0 spiro atoms. The monoisotopic (exact) mass is 206 g/mol. The Morgan fingerprint density at radius 3 is 2.50 bits per heavy atom. The number of hydrogen-bond acceptors (Lipinski definition) is 3. The van der Waals surface area contributed by atoms with E-state index in [1.807, 2.05) is 18.7 Å². The van der Waals surface area contributed by atoms with E-state index in [4.69, 9.17) is 0 Å². The van der Waals surface area contributed by atoms with Crippen molar-refractivity contribution in [3.8, 4) is 0 Å². The quantitative estimate of drug-likeness (QED) is 0.664. The van der Waals surface area contributed by atoms with Crippen molar-refractivity contribution in [3.63, 3.8) is 0 Å². The summed E-state index contributed by atoms with van der Waals surface area (Å²) < 4.78 is 0. The number of thioether (sulfide) groups is 2. The van der Waals surface area contributed by atoms with E-state index >= 15 is 0 Å². The van der Waals surface area contributed by atoms with Gasteiger partial charge >= 0.3 is 0 Å². The minimum atomic E-state index is 0.348. The summed E-state index contributed by atoms with van der Waals surface area (Å²) in [7, 11) is 0. The second-order valence-electron chi connectivity index (χ2n) is 2.61. The Balaban J connectivity index is 3.33. The maximum atomic E-state index is 11.1. The standard InChI is InChI=1S/C9H18OS2/c1-4-11-8(3)6-7-9(10)12-5-2/h8H,4-7H2,1-3H3. The zero-order valence-corrected chi connectivity index (χ0v) is 9.76.